The van der Waals surface area contributed by atoms with Gasteiger partial charge in [-0.15, -0.1) is 0 Å². The van der Waals surface area contributed by atoms with Crippen molar-refractivity contribution in [1.82, 2.24) is 0 Å². The van der Waals surface area contributed by atoms with E-state index in [0.29, 0.717) is 11.8 Å². The summed E-state index contributed by atoms with van der Waals surface area (Å²) in [7, 11) is 0. The zero-order valence-electron chi connectivity index (χ0n) is 22.3. The predicted octanol–water partition coefficient (Wildman–Crippen LogP) is 10.3. The Morgan fingerprint density at radius 2 is 0.912 bits per heavy atom. The second-order valence-electron chi connectivity index (χ2n) is 10.7. The summed E-state index contributed by atoms with van der Waals surface area (Å²) < 4.78 is 0. The smallest absolute Gasteiger partial charge is 0.00560 e. The first kappa shape index (κ1) is 24.3. The van der Waals surface area contributed by atoms with Gasteiger partial charge in [-0.25, -0.2) is 0 Å². The number of rotatable bonds is 6. The lowest BCUT2D eigenvalue weighted by Gasteiger charge is -2.09. The van der Waals surface area contributed by atoms with Gasteiger partial charge < -0.3 is 0 Å². The minimum absolute atomic E-state index is 0.613. The van der Waals surface area contributed by atoms with Crippen LogP contribution in [0.3, 0.4) is 0 Å². The summed E-state index contributed by atoms with van der Waals surface area (Å²) in [5, 5.41) is 2.64. The zero-order chi connectivity index (χ0) is 24.6. The maximum atomic E-state index is 2.35. The zero-order valence-corrected chi connectivity index (χ0v) is 22.3. The van der Waals surface area contributed by atoms with Crippen molar-refractivity contribution in [2.45, 2.75) is 68.2 Å². The average Bonchev–Trinajstić information content (AvgIpc) is 3.27. The number of fused-ring (bicyclic) bond motifs is 1. The van der Waals surface area contributed by atoms with Crippen LogP contribution in [0, 0.1) is 11.8 Å². The molecule has 34 heavy (non-hydrogen) atoms. The molecule has 0 fully saturated rings. The van der Waals surface area contributed by atoms with Gasteiger partial charge in [-0.2, -0.15) is 0 Å². The molecule has 0 saturated carbocycles. The first-order valence-electron chi connectivity index (χ1n) is 12.9. The normalized spacial score (nSPS) is 17.6. The van der Waals surface area contributed by atoms with Gasteiger partial charge >= 0.3 is 0 Å². The molecule has 0 nitrogen and oxygen atoms in total. The summed E-state index contributed by atoms with van der Waals surface area (Å²) >= 11 is 0. The van der Waals surface area contributed by atoms with Gasteiger partial charge in [0.1, 0.15) is 0 Å². The highest BCUT2D eigenvalue weighted by Crippen LogP contribution is 2.38. The quantitative estimate of drug-likeness (QED) is 0.412. The molecule has 0 radical (unpaired) electrons. The molecule has 0 N–H and O–H groups in total. The Bertz CT molecular complexity index is 1210. The van der Waals surface area contributed by atoms with Crippen LogP contribution >= 0.6 is 0 Å². The van der Waals surface area contributed by atoms with Crippen molar-refractivity contribution in [3.05, 3.63) is 104 Å². The van der Waals surface area contributed by atoms with Crippen molar-refractivity contribution in [3.63, 3.8) is 0 Å². The molecular formula is C34H40. The van der Waals surface area contributed by atoms with Gasteiger partial charge in [0.05, 0.1) is 0 Å². The molecule has 0 unspecified atom stereocenters. The van der Waals surface area contributed by atoms with E-state index >= 15 is 0 Å². The summed E-state index contributed by atoms with van der Waals surface area (Å²) in [6.45, 7) is 18.3. The first-order valence-corrected chi connectivity index (χ1v) is 12.9. The van der Waals surface area contributed by atoms with Crippen LogP contribution < -0.4 is 0 Å². The van der Waals surface area contributed by atoms with Gasteiger partial charge in [0.2, 0.25) is 0 Å². The molecule has 0 spiro atoms. The Hall–Kier alpha value is -2.86. The van der Waals surface area contributed by atoms with E-state index < -0.39 is 0 Å². The van der Waals surface area contributed by atoms with E-state index in [-0.39, 0.29) is 0 Å². The molecular weight excluding hydrogens is 408 g/mol. The highest BCUT2D eigenvalue weighted by atomic mass is 14.2. The molecule has 0 saturated heterocycles. The van der Waals surface area contributed by atoms with E-state index in [1.54, 1.807) is 11.1 Å². The van der Waals surface area contributed by atoms with Gasteiger partial charge in [0, 0.05) is 0 Å². The van der Waals surface area contributed by atoms with E-state index in [1.807, 2.05) is 0 Å². The van der Waals surface area contributed by atoms with Crippen LogP contribution in [0.2, 0.25) is 0 Å². The van der Waals surface area contributed by atoms with Crippen LogP contribution in [0.25, 0.3) is 22.9 Å². The number of allylic oxidation sites excluding steroid dienone is 10. The fourth-order valence-electron chi connectivity index (χ4n) is 5.56. The van der Waals surface area contributed by atoms with Gasteiger partial charge in [-0.3, -0.25) is 0 Å². The molecule has 0 atom stereocenters. The SMILES string of the molecule is CC1=C(/C=C/c2ccc(/C=C/C3=C(C)C(C)=C(C(C)C)C3)c3ccccc23)CC(C(C)C)=C1C. The molecule has 0 aromatic heterocycles. The van der Waals surface area contributed by atoms with E-state index in [2.05, 4.69) is 116 Å². The largest absolute Gasteiger partial charge is 0.0616 e. The van der Waals surface area contributed by atoms with Crippen LogP contribution in [-0.4, -0.2) is 0 Å². The van der Waals surface area contributed by atoms with Crippen LogP contribution in [0.1, 0.15) is 79.4 Å². The molecule has 0 bridgehead atoms. The molecule has 176 valence electrons. The number of hydrogen-bond donors (Lipinski definition) is 0. The summed E-state index contributed by atoms with van der Waals surface area (Å²) in [4.78, 5) is 0. The monoisotopic (exact) mass is 448 g/mol. The van der Waals surface area contributed by atoms with Crippen molar-refractivity contribution >= 4 is 22.9 Å². The summed E-state index contributed by atoms with van der Waals surface area (Å²) in [6, 6.07) is 13.4. The minimum atomic E-state index is 0.613. The highest BCUT2D eigenvalue weighted by molar-refractivity contribution is 5.96. The molecule has 0 heterocycles. The van der Waals surface area contributed by atoms with Crippen molar-refractivity contribution in [2.24, 2.45) is 11.8 Å². The number of benzene rings is 2. The fourth-order valence-corrected chi connectivity index (χ4v) is 5.56. The van der Waals surface area contributed by atoms with Crippen molar-refractivity contribution in [1.29, 1.82) is 0 Å². The van der Waals surface area contributed by atoms with Crippen molar-refractivity contribution in [2.75, 3.05) is 0 Å². The molecule has 0 heteroatoms. The average molecular weight is 449 g/mol. The van der Waals surface area contributed by atoms with E-state index in [0.717, 1.165) is 12.8 Å². The third-order valence-corrected chi connectivity index (χ3v) is 8.13. The molecule has 2 aliphatic carbocycles. The molecule has 0 amide bonds. The van der Waals surface area contributed by atoms with Crippen LogP contribution in [0.4, 0.5) is 0 Å². The third kappa shape index (κ3) is 4.56. The topological polar surface area (TPSA) is 0 Å². The summed E-state index contributed by atoms with van der Waals surface area (Å²) in [5.41, 5.74) is 14.6. The van der Waals surface area contributed by atoms with Crippen molar-refractivity contribution in [3.8, 4) is 0 Å². The Morgan fingerprint density at radius 3 is 1.24 bits per heavy atom. The lowest BCUT2D eigenvalue weighted by Crippen LogP contribution is -1.93. The standard InChI is InChI=1S/C34H40/c1-21(2)33-19-29(23(5)25(33)7)17-15-27-13-14-28(32-12-10-9-11-31(27)32)16-18-30-20-34(22(3)4)26(8)24(30)6/h9-18,21-22H,19-20H2,1-8H3/b17-15+,18-16+. The number of hydrogen-bond acceptors (Lipinski definition) is 0. The molecule has 2 aliphatic rings. The van der Waals surface area contributed by atoms with E-state index in [4.69, 9.17) is 0 Å². The summed E-state index contributed by atoms with van der Waals surface area (Å²) in [6.07, 6.45) is 11.5. The predicted molar refractivity (Wildman–Crippen MR) is 152 cm³/mol. The van der Waals surface area contributed by atoms with Crippen molar-refractivity contribution < 1.29 is 0 Å². The van der Waals surface area contributed by atoms with E-state index in [1.165, 1.54) is 55.3 Å². The molecule has 0 aliphatic heterocycles. The Labute approximate surface area is 207 Å². The van der Waals surface area contributed by atoms with Gasteiger partial charge in [-0.1, -0.05) is 99.5 Å². The first-order chi connectivity index (χ1) is 16.2. The Balaban J connectivity index is 1.62. The third-order valence-electron chi connectivity index (χ3n) is 8.13. The molecule has 2 aromatic carbocycles. The second-order valence-corrected chi connectivity index (χ2v) is 10.7. The maximum absolute atomic E-state index is 2.35. The molecule has 2 aromatic rings. The van der Waals surface area contributed by atoms with E-state index in [9.17, 15) is 0 Å². The highest BCUT2D eigenvalue weighted by Gasteiger charge is 2.20. The van der Waals surface area contributed by atoms with Gasteiger partial charge in [0.15, 0.2) is 0 Å². The second kappa shape index (κ2) is 9.79. The molecule has 4 rings (SSSR count). The van der Waals surface area contributed by atoms with Gasteiger partial charge in [0.25, 0.3) is 0 Å². The van der Waals surface area contributed by atoms with Crippen LogP contribution in [-0.2, 0) is 0 Å². The van der Waals surface area contributed by atoms with Gasteiger partial charge in [-0.05, 0) is 108 Å². The lowest BCUT2D eigenvalue weighted by molar-refractivity contribution is 0.742. The Morgan fingerprint density at radius 1 is 0.529 bits per heavy atom. The summed E-state index contributed by atoms with van der Waals surface area (Å²) in [5.74, 6) is 1.23. The maximum Gasteiger partial charge on any atom is -0.00560 e. The minimum Gasteiger partial charge on any atom is -0.0616 e. The fraction of sp³-hybridized carbons (Fsp3) is 0.353. The van der Waals surface area contributed by atoms with Crippen LogP contribution in [0.5, 0.6) is 0 Å². The van der Waals surface area contributed by atoms with Crippen LogP contribution in [0.15, 0.2) is 93.1 Å². The lowest BCUT2D eigenvalue weighted by atomic mass is 9.96. The Kier molecular flexibility index (Phi) is 6.99.